The Morgan fingerprint density at radius 1 is 1.38 bits per heavy atom. The SMILES string of the molecule is CCC(N)Cc1ccc(Oc2cnn(C(C)C)c2)c(F)c1. The first-order valence-electron chi connectivity index (χ1n) is 7.25. The minimum absolute atomic E-state index is 0.0560. The standard InChI is InChI=1S/C16H22FN3O/c1-4-13(18)7-12-5-6-16(15(17)8-12)21-14-9-19-20(10-14)11(2)3/h5-6,8-11,13H,4,7,18H2,1-3H3. The number of ether oxygens (including phenoxy) is 1. The minimum atomic E-state index is -0.381. The van der Waals surface area contributed by atoms with Gasteiger partial charge in [0.15, 0.2) is 17.3 Å². The van der Waals surface area contributed by atoms with Gasteiger partial charge in [-0.25, -0.2) is 4.39 Å². The zero-order valence-electron chi connectivity index (χ0n) is 12.7. The quantitative estimate of drug-likeness (QED) is 0.883. The molecule has 0 spiro atoms. The van der Waals surface area contributed by atoms with Gasteiger partial charge in [0.2, 0.25) is 0 Å². The summed E-state index contributed by atoms with van der Waals surface area (Å²) < 4.78 is 21.4. The lowest BCUT2D eigenvalue weighted by Crippen LogP contribution is -2.21. The topological polar surface area (TPSA) is 53.1 Å². The van der Waals surface area contributed by atoms with Crippen molar-refractivity contribution in [2.24, 2.45) is 5.73 Å². The molecule has 1 unspecified atom stereocenters. The predicted octanol–water partition coefficient (Wildman–Crippen LogP) is 3.68. The van der Waals surface area contributed by atoms with Crippen molar-refractivity contribution in [3.05, 3.63) is 42.0 Å². The van der Waals surface area contributed by atoms with Crippen LogP contribution in [0.4, 0.5) is 4.39 Å². The van der Waals surface area contributed by atoms with Crippen molar-refractivity contribution in [1.29, 1.82) is 0 Å². The third-order valence-electron chi connectivity index (χ3n) is 3.35. The summed E-state index contributed by atoms with van der Waals surface area (Å²) in [4.78, 5) is 0. The van der Waals surface area contributed by atoms with E-state index in [1.54, 1.807) is 23.1 Å². The van der Waals surface area contributed by atoms with E-state index in [0.29, 0.717) is 12.2 Å². The highest BCUT2D eigenvalue weighted by atomic mass is 19.1. The summed E-state index contributed by atoms with van der Waals surface area (Å²) >= 11 is 0. The Labute approximate surface area is 124 Å². The summed E-state index contributed by atoms with van der Waals surface area (Å²) in [6.45, 7) is 6.05. The molecule has 1 heterocycles. The molecule has 1 atom stereocenters. The Hall–Kier alpha value is -1.88. The largest absolute Gasteiger partial charge is 0.451 e. The Balaban J connectivity index is 2.09. The van der Waals surface area contributed by atoms with E-state index in [9.17, 15) is 4.39 Å². The van der Waals surface area contributed by atoms with Crippen LogP contribution in [0.15, 0.2) is 30.6 Å². The average Bonchev–Trinajstić information content (AvgIpc) is 2.90. The van der Waals surface area contributed by atoms with Gasteiger partial charge < -0.3 is 10.5 Å². The molecule has 1 aromatic heterocycles. The molecular weight excluding hydrogens is 269 g/mol. The second kappa shape index (κ2) is 6.72. The van der Waals surface area contributed by atoms with Crippen LogP contribution in [0.1, 0.15) is 38.8 Å². The third-order valence-corrected chi connectivity index (χ3v) is 3.35. The van der Waals surface area contributed by atoms with Crippen LogP contribution in [0, 0.1) is 5.82 Å². The molecule has 0 aliphatic rings. The van der Waals surface area contributed by atoms with Crippen molar-refractivity contribution in [3.8, 4) is 11.5 Å². The number of halogens is 1. The van der Waals surface area contributed by atoms with Crippen molar-refractivity contribution >= 4 is 0 Å². The van der Waals surface area contributed by atoms with Gasteiger partial charge in [0.1, 0.15) is 0 Å². The monoisotopic (exact) mass is 291 g/mol. The number of rotatable bonds is 6. The second-order valence-electron chi connectivity index (χ2n) is 5.49. The van der Waals surface area contributed by atoms with Gasteiger partial charge in [-0.1, -0.05) is 13.0 Å². The highest BCUT2D eigenvalue weighted by Crippen LogP contribution is 2.25. The number of nitrogens with zero attached hydrogens (tertiary/aromatic N) is 2. The van der Waals surface area contributed by atoms with Crippen LogP contribution in [-0.2, 0) is 6.42 Å². The number of aromatic nitrogens is 2. The molecule has 114 valence electrons. The van der Waals surface area contributed by atoms with Gasteiger partial charge in [0, 0.05) is 12.1 Å². The van der Waals surface area contributed by atoms with E-state index in [1.165, 1.54) is 6.07 Å². The Morgan fingerprint density at radius 3 is 2.71 bits per heavy atom. The summed E-state index contributed by atoms with van der Waals surface area (Å²) in [5.41, 5.74) is 6.76. The van der Waals surface area contributed by atoms with Gasteiger partial charge in [0.05, 0.1) is 12.4 Å². The van der Waals surface area contributed by atoms with E-state index in [1.807, 2.05) is 26.8 Å². The molecule has 0 saturated heterocycles. The molecule has 0 fully saturated rings. The maximum atomic E-state index is 14.1. The van der Waals surface area contributed by atoms with Gasteiger partial charge in [-0.2, -0.15) is 5.10 Å². The highest BCUT2D eigenvalue weighted by Gasteiger charge is 2.10. The maximum absolute atomic E-state index is 14.1. The average molecular weight is 291 g/mol. The van der Waals surface area contributed by atoms with Gasteiger partial charge >= 0.3 is 0 Å². The van der Waals surface area contributed by atoms with Crippen LogP contribution < -0.4 is 10.5 Å². The zero-order chi connectivity index (χ0) is 15.4. The lowest BCUT2D eigenvalue weighted by atomic mass is 10.0. The summed E-state index contributed by atoms with van der Waals surface area (Å²) in [7, 11) is 0. The molecule has 1 aromatic carbocycles. The number of benzene rings is 1. The minimum Gasteiger partial charge on any atom is -0.451 e. The van der Waals surface area contributed by atoms with Gasteiger partial charge in [-0.15, -0.1) is 0 Å². The predicted molar refractivity (Wildman–Crippen MR) is 81.1 cm³/mol. The molecule has 0 aliphatic carbocycles. The van der Waals surface area contributed by atoms with Crippen molar-refractivity contribution in [2.75, 3.05) is 0 Å². The Morgan fingerprint density at radius 2 is 2.14 bits per heavy atom. The second-order valence-corrected chi connectivity index (χ2v) is 5.49. The fraction of sp³-hybridized carbons (Fsp3) is 0.438. The molecule has 2 aromatic rings. The van der Waals surface area contributed by atoms with E-state index in [-0.39, 0.29) is 23.7 Å². The van der Waals surface area contributed by atoms with Crippen LogP contribution in [0.25, 0.3) is 0 Å². The summed E-state index contributed by atoms with van der Waals surface area (Å²) in [5, 5.41) is 4.16. The van der Waals surface area contributed by atoms with Crippen molar-refractivity contribution in [1.82, 2.24) is 9.78 Å². The molecule has 21 heavy (non-hydrogen) atoms. The van der Waals surface area contributed by atoms with Gasteiger partial charge in [-0.3, -0.25) is 4.68 Å². The molecule has 0 saturated carbocycles. The molecule has 2 N–H and O–H groups in total. The zero-order valence-corrected chi connectivity index (χ0v) is 12.7. The van der Waals surface area contributed by atoms with Crippen molar-refractivity contribution in [3.63, 3.8) is 0 Å². The molecule has 4 nitrogen and oxygen atoms in total. The molecule has 0 aliphatic heterocycles. The van der Waals surface area contributed by atoms with E-state index in [0.717, 1.165) is 12.0 Å². The van der Waals surface area contributed by atoms with Crippen molar-refractivity contribution < 1.29 is 9.13 Å². The van der Waals surface area contributed by atoms with Gasteiger partial charge in [0.25, 0.3) is 0 Å². The van der Waals surface area contributed by atoms with E-state index < -0.39 is 0 Å². The molecule has 0 bridgehead atoms. The fourth-order valence-corrected chi connectivity index (χ4v) is 1.98. The van der Waals surface area contributed by atoms with Crippen LogP contribution >= 0.6 is 0 Å². The Kier molecular flexibility index (Phi) is 4.96. The first-order valence-corrected chi connectivity index (χ1v) is 7.25. The van der Waals surface area contributed by atoms with Crippen LogP contribution in [0.2, 0.25) is 0 Å². The summed E-state index contributed by atoms with van der Waals surface area (Å²) in [6, 6.07) is 5.27. The molecule has 5 heteroatoms. The molecule has 0 radical (unpaired) electrons. The summed E-state index contributed by atoms with van der Waals surface area (Å²) in [5.74, 6) is 0.348. The summed E-state index contributed by atoms with van der Waals surface area (Å²) in [6.07, 6.45) is 4.87. The van der Waals surface area contributed by atoms with E-state index >= 15 is 0 Å². The first-order chi connectivity index (χ1) is 9.99. The Bertz CT molecular complexity index is 595. The smallest absolute Gasteiger partial charge is 0.165 e. The highest BCUT2D eigenvalue weighted by molar-refractivity contribution is 5.33. The van der Waals surface area contributed by atoms with Crippen LogP contribution in [0.5, 0.6) is 11.5 Å². The molecule has 2 rings (SSSR count). The lowest BCUT2D eigenvalue weighted by Gasteiger charge is -2.10. The third kappa shape index (κ3) is 4.04. The van der Waals surface area contributed by atoms with E-state index in [4.69, 9.17) is 10.5 Å². The lowest BCUT2D eigenvalue weighted by molar-refractivity contribution is 0.439. The van der Waals surface area contributed by atoms with Crippen LogP contribution in [0.3, 0.4) is 0 Å². The normalized spacial score (nSPS) is 12.7. The van der Waals surface area contributed by atoms with Crippen molar-refractivity contribution in [2.45, 2.75) is 45.7 Å². The number of hydrogen-bond acceptors (Lipinski definition) is 3. The molecular formula is C16H22FN3O. The number of nitrogens with two attached hydrogens (primary N) is 1. The fourth-order valence-electron chi connectivity index (χ4n) is 1.98. The van der Waals surface area contributed by atoms with Crippen LogP contribution in [-0.4, -0.2) is 15.8 Å². The maximum Gasteiger partial charge on any atom is 0.165 e. The van der Waals surface area contributed by atoms with Gasteiger partial charge in [-0.05, 0) is 44.4 Å². The number of hydrogen-bond donors (Lipinski definition) is 1. The molecule has 0 amide bonds. The first kappa shape index (κ1) is 15.5. The van der Waals surface area contributed by atoms with E-state index in [2.05, 4.69) is 5.10 Å².